The van der Waals surface area contributed by atoms with Crippen LogP contribution < -0.4 is 16.0 Å². The van der Waals surface area contributed by atoms with Gasteiger partial charge in [-0.05, 0) is 55.3 Å². The number of aryl methyl sites for hydroxylation is 2. The Morgan fingerprint density at radius 3 is 2.04 bits per heavy atom. The second-order valence-corrected chi connectivity index (χ2v) is 5.70. The van der Waals surface area contributed by atoms with Gasteiger partial charge in [-0.3, -0.25) is 9.59 Å². The first-order chi connectivity index (χ1) is 11.5. The first-order valence-corrected chi connectivity index (χ1v) is 7.99. The second kappa shape index (κ2) is 8.15. The molecule has 3 N–H and O–H groups in total. The normalized spacial score (nSPS) is 10.1. The van der Waals surface area contributed by atoms with Gasteiger partial charge >= 0.3 is 0 Å². The highest BCUT2D eigenvalue weighted by atomic mass is 16.2. The number of nitrogens with one attached hydrogen (secondary N) is 3. The van der Waals surface area contributed by atoms with Gasteiger partial charge in [0.1, 0.15) is 0 Å². The molecule has 5 nitrogen and oxygen atoms in total. The van der Waals surface area contributed by atoms with Crippen molar-refractivity contribution in [2.24, 2.45) is 0 Å². The Morgan fingerprint density at radius 2 is 1.46 bits per heavy atom. The van der Waals surface area contributed by atoms with Gasteiger partial charge in [-0.25, -0.2) is 0 Å². The fourth-order valence-corrected chi connectivity index (χ4v) is 2.19. The van der Waals surface area contributed by atoms with Crippen LogP contribution in [0.2, 0.25) is 0 Å². The minimum atomic E-state index is -0.124. The molecule has 0 spiro atoms. The molecule has 0 aromatic heterocycles. The van der Waals surface area contributed by atoms with E-state index in [0.29, 0.717) is 17.8 Å². The molecule has 2 rings (SSSR count). The number of hydrogen-bond acceptors (Lipinski definition) is 3. The van der Waals surface area contributed by atoms with Gasteiger partial charge in [-0.2, -0.15) is 0 Å². The van der Waals surface area contributed by atoms with Gasteiger partial charge in [-0.1, -0.05) is 19.1 Å². The van der Waals surface area contributed by atoms with Gasteiger partial charge in [0.15, 0.2) is 0 Å². The zero-order valence-corrected chi connectivity index (χ0v) is 14.3. The summed E-state index contributed by atoms with van der Waals surface area (Å²) in [6, 6.07) is 13.1. The molecule has 0 aliphatic rings. The molecule has 2 amide bonds. The molecule has 2 aromatic rings. The van der Waals surface area contributed by atoms with Crippen LogP contribution in [0.1, 0.15) is 24.5 Å². The van der Waals surface area contributed by atoms with Crippen molar-refractivity contribution in [1.82, 2.24) is 0 Å². The van der Waals surface area contributed by atoms with Crippen molar-refractivity contribution < 1.29 is 9.59 Å². The molecule has 126 valence electrons. The topological polar surface area (TPSA) is 70.2 Å². The molecule has 0 saturated heterocycles. The lowest BCUT2D eigenvalue weighted by Gasteiger charge is -2.11. The van der Waals surface area contributed by atoms with Crippen molar-refractivity contribution in [3.8, 4) is 0 Å². The summed E-state index contributed by atoms with van der Waals surface area (Å²) in [6.45, 7) is 6.01. The van der Waals surface area contributed by atoms with Gasteiger partial charge in [-0.15, -0.1) is 0 Å². The van der Waals surface area contributed by atoms with E-state index in [1.54, 1.807) is 31.2 Å². The van der Waals surface area contributed by atoms with E-state index < -0.39 is 0 Å². The molecular weight excluding hydrogens is 302 g/mol. The summed E-state index contributed by atoms with van der Waals surface area (Å²) in [6.07, 6.45) is 0.433. The fraction of sp³-hybridized carbons (Fsp3) is 0.263. The molecule has 24 heavy (non-hydrogen) atoms. The minimum Gasteiger partial charge on any atom is -0.376 e. The van der Waals surface area contributed by atoms with Gasteiger partial charge in [0.25, 0.3) is 0 Å². The number of carbonyl (C=O) groups excluding carboxylic acids is 2. The zero-order chi connectivity index (χ0) is 17.5. The second-order valence-electron chi connectivity index (χ2n) is 5.70. The summed E-state index contributed by atoms with van der Waals surface area (Å²) in [7, 11) is 0. The number of amides is 2. The van der Waals surface area contributed by atoms with Crippen LogP contribution in [0.4, 0.5) is 17.1 Å². The van der Waals surface area contributed by atoms with Crippen molar-refractivity contribution >= 4 is 28.9 Å². The highest BCUT2D eigenvalue weighted by Gasteiger charge is 2.05. The summed E-state index contributed by atoms with van der Waals surface area (Å²) in [5.41, 5.74) is 4.62. The lowest BCUT2D eigenvalue weighted by Crippen LogP contribution is -2.22. The average Bonchev–Trinajstić information content (AvgIpc) is 2.57. The van der Waals surface area contributed by atoms with E-state index in [-0.39, 0.29) is 18.4 Å². The Bertz CT molecular complexity index is 724. The minimum absolute atomic E-state index is 0.0375. The standard InChI is InChI=1S/C19H23N3O2/c1-4-18(23)21-15-7-9-16(10-8-15)22-19(24)12-20-17-11-13(2)5-6-14(17)3/h5-11,20H,4,12H2,1-3H3,(H,21,23)(H,22,24). The molecule has 0 aliphatic carbocycles. The predicted octanol–water partition coefficient (Wildman–Crippen LogP) is 3.70. The molecule has 5 heteroatoms. The number of rotatable bonds is 6. The molecule has 0 bridgehead atoms. The summed E-state index contributed by atoms with van der Waals surface area (Å²) >= 11 is 0. The summed E-state index contributed by atoms with van der Waals surface area (Å²) in [5.74, 6) is -0.161. The van der Waals surface area contributed by atoms with E-state index in [0.717, 1.165) is 16.8 Å². The van der Waals surface area contributed by atoms with Gasteiger partial charge < -0.3 is 16.0 Å². The van der Waals surface area contributed by atoms with Crippen molar-refractivity contribution in [2.45, 2.75) is 27.2 Å². The lowest BCUT2D eigenvalue weighted by molar-refractivity contribution is -0.116. The van der Waals surface area contributed by atoms with E-state index in [1.165, 1.54) is 0 Å². The number of anilines is 3. The first-order valence-electron chi connectivity index (χ1n) is 7.99. The molecule has 0 heterocycles. The fourth-order valence-electron chi connectivity index (χ4n) is 2.19. The predicted molar refractivity (Wildman–Crippen MR) is 98.4 cm³/mol. The average molecular weight is 325 g/mol. The summed E-state index contributed by atoms with van der Waals surface area (Å²) in [5, 5.41) is 8.74. The van der Waals surface area contributed by atoms with Crippen LogP contribution in [0.25, 0.3) is 0 Å². The zero-order valence-electron chi connectivity index (χ0n) is 14.3. The summed E-state index contributed by atoms with van der Waals surface area (Å²) < 4.78 is 0. The molecule has 0 aliphatic heterocycles. The number of hydrogen-bond donors (Lipinski definition) is 3. The maximum absolute atomic E-state index is 12.0. The maximum Gasteiger partial charge on any atom is 0.243 e. The van der Waals surface area contributed by atoms with Crippen LogP contribution in [-0.4, -0.2) is 18.4 Å². The highest BCUT2D eigenvalue weighted by Crippen LogP contribution is 2.16. The molecule has 0 atom stereocenters. The van der Waals surface area contributed by atoms with Crippen LogP contribution >= 0.6 is 0 Å². The Morgan fingerprint density at radius 1 is 0.875 bits per heavy atom. The summed E-state index contributed by atoms with van der Waals surface area (Å²) in [4.78, 5) is 23.4. The Labute approximate surface area is 142 Å². The Kier molecular flexibility index (Phi) is 5.95. The van der Waals surface area contributed by atoms with Crippen molar-refractivity contribution in [2.75, 3.05) is 22.5 Å². The maximum atomic E-state index is 12.0. The van der Waals surface area contributed by atoms with Gasteiger partial charge in [0.05, 0.1) is 6.54 Å². The van der Waals surface area contributed by atoms with E-state index in [1.807, 2.05) is 32.0 Å². The Hall–Kier alpha value is -2.82. The van der Waals surface area contributed by atoms with Crippen molar-refractivity contribution in [1.29, 1.82) is 0 Å². The van der Waals surface area contributed by atoms with Crippen LogP contribution in [-0.2, 0) is 9.59 Å². The third-order valence-electron chi connectivity index (χ3n) is 3.61. The molecule has 2 aromatic carbocycles. The SMILES string of the molecule is CCC(=O)Nc1ccc(NC(=O)CNc2cc(C)ccc2C)cc1. The molecule has 0 saturated carbocycles. The third-order valence-corrected chi connectivity index (χ3v) is 3.61. The van der Waals surface area contributed by atoms with Crippen LogP contribution in [0.15, 0.2) is 42.5 Å². The first kappa shape index (κ1) is 17.5. The Balaban J connectivity index is 1.88. The third kappa shape index (κ3) is 5.12. The lowest BCUT2D eigenvalue weighted by atomic mass is 10.1. The number of carbonyl (C=O) groups is 2. The van der Waals surface area contributed by atoms with Crippen molar-refractivity contribution in [3.05, 3.63) is 53.6 Å². The molecular formula is C19H23N3O2. The van der Waals surface area contributed by atoms with E-state index in [2.05, 4.69) is 16.0 Å². The number of benzene rings is 2. The largest absolute Gasteiger partial charge is 0.376 e. The molecule has 0 fully saturated rings. The molecule has 0 radical (unpaired) electrons. The van der Waals surface area contributed by atoms with Crippen molar-refractivity contribution in [3.63, 3.8) is 0 Å². The van der Waals surface area contributed by atoms with E-state index in [9.17, 15) is 9.59 Å². The van der Waals surface area contributed by atoms with E-state index >= 15 is 0 Å². The van der Waals surface area contributed by atoms with Crippen LogP contribution in [0.3, 0.4) is 0 Å². The van der Waals surface area contributed by atoms with Gasteiger partial charge in [0, 0.05) is 23.5 Å². The van der Waals surface area contributed by atoms with Crippen LogP contribution in [0, 0.1) is 13.8 Å². The smallest absolute Gasteiger partial charge is 0.243 e. The quantitative estimate of drug-likeness (QED) is 0.758. The van der Waals surface area contributed by atoms with Crippen LogP contribution in [0.5, 0.6) is 0 Å². The van der Waals surface area contributed by atoms with Gasteiger partial charge in [0.2, 0.25) is 11.8 Å². The molecule has 0 unspecified atom stereocenters. The van der Waals surface area contributed by atoms with E-state index in [4.69, 9.17) is 0 Å². The highest BCUT2D eigenvalue weighted by molar-refractivity contribution is 5.94. The monoisotopic (exact) mass is 325 g/mol.